The van der Waals surface area contributed by atoms with Crippen molar-refractivity contribution in [3.05, 3.63) is 38.7 Å². The second kappa shape index (κ2) is 5.18. The van der Waals surface area contributed by atoms with Crippen LogP contribution in [-0.4, -0.2) is 20.7 Å². The number of nitrogens with one attached hydrogen (secondary N) is 1. The van der Waals surface area contributed by atoms with Gasteiger partial charge in [-0.25, -0.2) is 0 Å². The fraction of sp³-hybridized carbons (Fsp3) is 0.364. The first-order chi connectivity index (χ1) is 8.56. The van der Waals surface area contributed by atoms with E-state index in [2.05, 4.69) is 21.9 Å². The minimum Gasteiger partial charge on any atom is -0.360 e. The van der Waals surface area contributed by atoms with Crippen molar-refractivity contribution in [2.24, 2.45) is 7.05 Å². The van der Waals surface area contributed by atoms with E-state index in [1.807, 2.05) is 12.3 Å². The van der Waals surface area contributed by atoms with E-state index in [4.69, 9.17) is 0 Å². The second-order valence-corrected chi connectivity index (χ2v) is 4.95. The zero-order chi connectivity index (χ0) is 13.1. The molecular weight excluding hydrogens is 252 g/mol. The van der Waals surface area contributed by atoms with Gasteiger partial charge < -0.3 is 5.32 Å². The third kappa shape index (κ3) is 2.86. The minimum absolute atomic E-state index is 0.00895. The Labute approximate surface area is 108 Å². The molecule has 0 amide bonds. The first-order valence-corrected chi connectivity index (χ1v) is 6.46. The maximum Gasteiger partial charge on any atom is 0.330 e. The normalized spacial score (nSPS) is 12.3. The molecular formula is C11H14N4O2S. The Morgan fingerprint density at radius 1 is 1.67 bits per heavy atom. The summed E-state index contributed by atoms with van der Waals surface area (Å²) >= 11 is 1.64. The second-order valence-electron chi connectivity index (χ2n) is 4.17. The van der Waals surface area contributed by atoms with Crippen LogP contribution in [0.15, 0.2) is 23.0 Å². The predicted molar refractivity (Wildman–Crippen MR) is 71.0 cm³/mol. The van der Waals surface area contributed by atoms with Crippen LogP contribution in [0, 0.1) is 10.1 Å². The van der Waals surface area contributed by atoms with E-state index in [1.54, 1.807) is 18.4 Å². The Morgan fingerprint density at radius 3 is 3.06 bits per heavy atom. The van der Waals surface area contributed by atoms with Crippen LogP contribution in [0.3, 0.4) is 0 Å². The van der Waals surface area contributed by atoms with Crippen molar-refractivity contribution in [3.8, 4) is 0 Å². The molecule has 0 aliphatic heterocycles. The van der Waals surface area contributed by atoms with Gasteiger partial charge in [0.2, 0.25) is 5.82 Å². The van der Waals surface area contributed by atoms with E-state index in [1.165, 1.54) is 16.4 Å². The maximum absolute atomic E-state index is 10.8. The zero-order valence-electron chi connectivity index (χ0n) is 10.2. The standard InChI is InChI=1S/C11H14N4O2S/c1-8(5-9-3-4-18-7-9)12-11-10(15(16)17)6-14(2)13-11/h3-4,6-8H,5H2,1-2H3,(H,12,13). The van der Waals surface area contributed by atoms with Gasteiger partial charge in [0, 0.05) is 13.1 Å². The van der Waals surface area contributed by atoms with Crippen LogP contribution >= 0.6 is 11.3 Å². The van der Waals surface area contributed by atoms with Gasteiger partial charge in [-0.15, -0.1) is 5.10 Å². The summed E-state index contributed by atoms with van der Waals surface area (Å²) in [7, 11) is 1.67. The summed E-state index contributed by atoms with van der Waals surface area (Å²) in [5.41, 5.74) is 1.23. The van der Waals surface area contributed by atoms with Gasteiger partial charge in [-0.05, 0) is 35.7 Å². The molecule has 7 heteroatoms. The summed E-state index contributed by atoms with van der Waals surface area (Å²) in [5, 5.41) is 22.1. The number of thiophene rings is 1. The Balaban J connectivity index is 2.06. The van der Waals surface area contributed by atoms with Gasteiger partial charge in [0.1, 0.15) is 6.20 Å². The average Bonchev–Trinajstić information content (AvgIpc) is 2.88. The van der Waals surface area contributed by atoms with Crippen LogP contribution in [0.2, 0.25) is 0 Å². The molecule has 0 saturated heterocycles. The van der Waals surface area contributed by atoms with Crippen LogP contribution in [0.5, 0.6) is 0 Å². The van der Waals surface area contributed by atoms with Crippen molar-refractivity contribution in [3.63, 3.8) is 0 Å². The van der Waals surface area contributed by atoms with E-state index < -0.39 is 4.92 Å². The first kappa shape index (κ1) is 12.6. The topological polar surface area (TPSA) is 73.0 Å². The molecule has 0 aromatic carbocycles. The largest absolute Gasteiger partial charge is 0.360 e. The Bertz CT molecular complexity index is 535. The van der Waals surface area contributed by atoms with Crippen LogP contribution in [0.1, 0.15) is 12.5 Å². The Morgan fingerprint density at radius 2 is 2.44 bits per heavy atom. The van der Waals surface area contributed by atoms with E-state index in [-0.39, 0.29) is 11.7 Å². The first-order valence-electron chi connectivity index (χ1n) is 5.52. The van der Waals surface area contributed by atoms with Crippen LogP contribution in [0.4, 0.5) is 11.5 Å². The number of hydrogen-bond donors (Lipinski definition) is 1. The highest BCUT2D eigenvalue weighted by Gasteiger charge is 2.19. The molecule has 2 rings (SSSR count). The van der Waals surface area contributed by atoms with Crippen molar-refractivity contribution in [2.75, 3.05) is 5.32 Å². The number of hydrogen-bond acceptors (Lipinski definition) is 5. The number of nitrogens with zero attached hydrogens (tertiary/aromatic N) is 3. The van der Waals surface area contributed by atoms with E-state index >= 15 is 0 Å². The molecule has 0 radical (unpaired) electrons. The van der Waals surface area contributed by atoms with Crippen molar-refractivity contribution in [1.82, 2.24) is 9.78 Å². The smallest absolute Gasteiger partial charge is 0.330 e. The van der Waals surface area contributed by atoms with Gasteiger partial charge in [0.05, 0.1) is 4.92 Å². The van der Waals surface area contributed by atoms with Crippen LogP contribution in [-0.2, 0) is 13.5 Å². The molecule has 1 atom stereocenters. The van der Waals surface area contributed by atoms with Gasteiger partial charge in [-0.1, -0.05) is 0 Å². The highest BCUT2D eigenvalue weighted by atomic mass is 32.1. The quantitative estimate of drug-likeness (QED) is 0.666. The third-order valence-electron chi connectivity index (χ3n) is 2.51. The molecule has 1 unspecified atom stereocenters. The zero-order valence-corrected chi connectivity index (χ0v) is 11.0. The number of anilines is 1. The molecule has 1 N–H and O–H groups in total. The number of aromatic nitrogens is 2. The van der Waals surface area contributed by atoms with Gasteiger partial charge in [0.25, 0.3) is 0 Å². The molecule has 0 bridgehead atoms. The summed E-state index contributed by atoms with van der Waals surface area (Å²) in [6, 6.07) is 2.14. The third-order valence-corrected chi connectivity index (χ3v) is 3.24. The van der Waals surface area contributed by atoms with E-state index in [9.17, 15) is 10.1 Å². The highest BCUT2D eigenvalue weighted by Crippen LogP contribution is 2.22. The molecule has 0 aliphatic carbocycles. The Kier molecular flexibility index (Phi) is 3.61. The molecule has 96 valence electrons. The fourth-order valence-electron chi connectivity index (χ4n) is 1.76. The monoisotopic (exact) mass is 266 g/mol. The summed E-state index contributed by atoms with van der Waals surface area (Å²) in [6.45, 7) is 1.98. The van der Waals surface area contributed by atoms with Crippen molar-refractivity contribution < 1.29 is 4.92 Å². The molecule has 18 heavy (non-hydrogen) atoms. The van der Waals surface area contributed by atoms with Crippen LogP contribution < -0.4 is 5.32 Å². The van der Waals surface area contributed by atoms with Crippen LogP contribution in [0.25, 0.3) is 0 Å². The number of rotatable bonds is 5. The van der Waals surface area contributed by atoms with Crippen molar-refractivity contribution in [1.29, 1.82) is 0 Å². The lowest BCUT2D eigenvalue weighted by Gasteiger charge is -2.11. The van der Waals surface area contributed by atoms with E-state index in [0.29, 0.717) is 5.82 Å². The molecule has 2 heterocycles. The van der Waals surface area contributed by atoms with Gasteiger partial charge in [-0.3, -0.25) is 14.8 Å². The van der Waals surface area contributed by atoms with Gasteiger partial charge >= 0.3 is 5.69 Å². The summed E-state index contributed by atoms with van der Waals surface area (Å²) < 4.78 is 1.44. The number of aryl methyl sites for hydroxylation is 1. The summed E-state index contributed by atoms with van der Waals surface area (Å²) in [4.78, 5) is 10.4. The summed E-state index contributed by atoms with van der Waals surface area (Å²) in [5.74, 6) is 0.324. The minimum atomic E-state index is -0.424. The Hall–Kier alpha value is -1.89. The highest BCUT2D eigenvalue weighted by molar-refractivity contribution is 7.07. The molecule has 2 aromatic heterocycles. The molecule has 2 aromatic rings. The predicted octanol–water partition coefficient (Wildman–Crippen LogP) is 2.43. The fourth-order valence-corrected chi connectivity index (χ4v) is 2.44. The average molecular weight is 266 g/mol. The molecule has 0 spiro atoms. The SMILES string of the molecule is CC(Cc1ccsc1)Nc1nn(C)cc1[N+](=O)[O-]. The molecule has 0 fully saturated rings. The maximum atomic E-state index is 10.8. The van der Waals surface area contributed by atoms with E-state index in [0.717, 1.165) is 6.42 Å². The van der Waals surface area contributed by atoms with Crippen molar-refractivity contribution >= 4 is 22.8 Å². The lowest BCUT2D eigenvalue weighted by Crippen LogP contribution is -2.18. The lowest BCUT2D eigenvalue weighted by atomic mass is 10.1. The van der Waals surface area contributed by atoms with Gasteiger partial charge in [-0.2, -0.15) is 11.3 Å². The molecule has 0 saturated carbocycles. The number of nitro groups is 1. The molecule has 6 nitrogen and oxygen atoms in total. The molecule has 0 aliphatic rings. The summed E-state index contributed by atoms with van der Waals surface area (Å²) in [6.07, 6.45) is 2.22. The lowest BCUT2D eigenvalue weighted by molar-refractivity contribution is -0.384. The van der Waals surface area contributed by atoms with Gasteiger partial charge in [0.15, 0.2) is 0 Å². The van der Waals surface area contributed by atoms with Crippen molar-refractivity contribution in [2.45, 2.75) is 19.4 Å².